The number of carboxylic acid groups (broad SMARTS) is 1. The van der Waals surface area contributed by atoms with E-state index in [1.807, 2.05) is 0 Å². The maximum absolute atomic E-state index is 11.6. The first-order valence-electron chi connectivity index (χ1n) is 5.58. The molecule has 1 aromatic rings. The van der Waals surface area contributed by atoms with Gasteiger partial charge in [0.25, 0.3) is 0 Å². The lowest BCUT2D eigenvalue weighted by atomic mass is 10.1. The topological polar surface area (TPSA) is 107 Å². The molecule has 1 rings (SSSR count). The van der Waals surface area contributed by atoms with E-state index in [1.165, 1.54) is 0 Å². The average Bonchev–Trinajstić information content (AvgIpc) is 2.36. The minimum atomic E-state index is -3.76. The molecule has 0 saturated carbocycles. The van der Waals surface area contributed by atoms with E-state index in [1.54, 1.807) is 36.4 Å². The number of carbonyl (C=O) groups is 1. The zero-order valence-corrected chi connectivity index (χ0v) is 10.9. The number of rotatable bonds is 7. The fourth-order valence-electron chi connectivity index (χ4n) is 1.48. The molecule has 0 heterocycles. The van der Waals surface area contributed by atoms with Crippen molar-refractivity contribution < 1.29 is 18.3 Å². The summed E-state index contributed by atoms with van der Waals surface area (Å²) in [7, 11) is -3.76. The highest BCUT2D eigenvalue weighted by molar-refractivity contribution is 7.89. The second kappa shape index (κ2) is 6.87. The number of carboxylic acids is 1. The summed E-state index contributed by atoms with van der Waals surface area (Å²) in [6.07, 6.45) is -0.116. The van der Waals surface area contributed by atoms with Gasteiger partial charge in [-0.05, 0) is 12.0 Å². The third-order valence-electron chi connectivity index (χ3n) is 2.39. The molecule has 102 valence electrons. The largest absolute Gasteiger partial charge is 0.480 e. The van der Waals surface area contributed by atoms with Gasteiger partial charge in [0.05, 0.1) is 18.2 Å². The summed E-state index contributed by atoms with van der Waals surface area (Å²) in [5, 5.41) is 17.4. The molecule has 0 amide bonds. The number of aliphatic carboxylic acids is 1. The minimum Gasteiger partial charge on any atom is -0.480 e. The lowest BCUT2D eigenvalue weighted by Crippen LogP contribution is -2.43. The third-order valence-corrected chi connectivity index (χ3v) is 3.77. The highest BCUT2D eigenvalue weighted by atomic mass is 32.2. The standard InChI is InChI=1S/C12H14N2O4S/c13-7-4-8-19(17,18)14-11(12(15)16)9-10-5-2-1-3-6-10/h1-3,5-6,11,14H,4,8-9H2,(H,15,16)/t11-/m1/s1. The van der Waals surface area contributed by atoms with Crippen molar-refractivity contribution in [2.75, 3.05) is 5.75 Å². The zero-order chi connectivity index (χ0) is 14.3. The highest BCUT2D eigenvalue weighted by Crippen LogP contribution is 2.05. The Bertz CT molecular complexity index is 563. The van der Waals surface area contributed by atoms with Crippen LogP contribution in [0.15, 0.2) is 30.3 Å². The van der Waals surface area contributed by atoms with Gasteiger partial charge in [-0.3, -0.25) is 4.79 Å². The molecule has 0 aliphatic rings. The number of nitriles is 1. The normalized spacial score (nSPS) is 12.6. The van der Waals surface area contributed by atoms with Gasteiger partial charge in [-0.15, -0.1) is 0 Å². The molecular weight excluding hydrogens is 268 g/mol. The first-order chi connectivity index (χ1) is 8.94. The minimum absolute atomic E-state index is 0.0575. The maximum atomic E-state index is 11.6. The first-order valence-corrected chi connectivity index (χ1v) is 7.23. The van der Waals surface area contributed by atoms with Crippen LogP contribution in [0.25, 0.3) is 0 Å². The van der Waals surface area contributed by atoms with Crippen LogP contribution in [0.1, 0.15) is 12.0 Å². The van der Waals surface area contributed by atoms with Gasteiger partial charge in [0, 0.05) is 0 Å². The molecule has 1 aromatic carbocycles. The summed E-state index contributed by atoms with van der Waals surface area (Å²) in [6, 6.07) is 9.21. The van der Waals surface area contributed by atoms with Gasteiger partial charge in [-0.1, -0.05) is 30.3 Å². The van der Waals surface area contributed by atoms with Gasteiger partial charge < -0.3 is 5.11 Å². The molecule has 0 fully saturated rings. The smallest absolute Gasteiger partial charge is 0.322 e. The van der Waals surface area contributed by atoms with E-state index in [2.05, 4.69) is 4.72 Å². The van der Waals surface area contributed by atoms with Crippen molar-refractivity contribution in [1.82, 2.24) is 4.72 Å². The molecule has 1 atom stereocenters. The number of sulfonamides is 1. The van der Waals surface area contributed by atoms with Gasteiger partial charge in [-0.2, -0.15) is 5.26 Å². The number of nitrogens with one attached hydrogen (secondary N) is 1. The van der Waals surface area contributed by atoms with Crippen molar-refractivity contribution >= 4 is 16.0 Å². The summed E-state index contributed by atoms with van der Waals surface area (Å²) < 4.78 is 25.2. The summed E-state index contributed by atoms with van der Waals surface area (Å²) in [4.78, 5) is 11.1. The van der Waals surface area contributed by atoms with Crippen LogP contribution < -0.4 is 4.72 Å². The molecule has 6 nitrogen and oxygen atoms in total. The number of hydrogen-bond donors (Lipinski definition) is 2. The van der Waals surface area contributed by atoms with Gasteiger partial charge in [0.15, 0.2) is 0 Å². The van der Waals surface area contributed by atoms with Crippen molar-refractivity contribution in [3.05, 3.63) is 35.9 Å². The second-order valence-corrected chi connectivity index (χ2v) is 5.80. The van der Waals surface area contributed by atoms with Crippen LogP contribution in [0.3, 0.4) is 0 Å². The Morgan fingerprint density at radius 2 is 2.00 bits per heavy atom. The number of benzene rings is 1. The molecular formula is C12H14N2O4S. The Labute approximate surface area is 111 Å². The zero-order valence-electron chi connectivity index (χ0n) is 10.1. The Hall–Kier alpha value is -1.91. The van der Waals surface area contributed by atoms with E-state index >= 15 is 0 Å². The Morgan fingerprint density at radius 1 is 1.37 bits per heavy atom. The fraction of sp³-hybridized carbons (Fsp3) is 0.333. The predicted octanol–water partition coefficient (Wildman–Crippen LogP) is 0.515. The SMILES string of the molecule is N#CCCS(=O)(=O)N[C@H](Cc1ccccc1)C(=O)O. The van der Waals surface area contributed by atoms with Crippen molar-refractivity contribution in [1.29, 1.82) is 5.26 Å². The fourth-order valence-corrected chi connectivity index (χ4v) is 2.58. The van der Waals surface area contributed by atoms with Gasteiger partial charge in [-0.25, -0.2) is 13.1 Å². The van der Waals surface area contributed by atoms with Crippen LogP contribution in [-0.4, -0.2) is 31.3 Å². The number of nitrogens with zero attached hydrogens (tertiary/aromatic N) is 1. The summed E-state index contributed by atoms with van der Waals surface area (Å²) in [6.45, 7) is 0. The Kier molecular flexibility index (Phi) is 5.48. The van der Waals surface area contributed by atoms with Crippen LogP contribution in [-0.2, 0) is 21.2 Å². The van der Waals surface area contributed by atoms with Gasteiger partial charge >= 0.3 is 5.97 Å². The Morgan fingerprint density at radius 3 is 2.53 bits per heavy atom. The molecule has 7 heteroatoms. The highest BCUT2D eigenvalue weighted by Gasteiger charge is 2.23. The molecule has 0 aromatic heterocycles. The van der Waals surface area contributed by atoms with E-state index in [-0.39, 0.29) is 12.8 Å². The van der Waals surface area contributed by atoms with Crippen LogP contribution in [0.4, 0.5) is 0 Å². The molecule has 19 heavy (non-hydrogen) atoms. The summed E-state index contributed by atoms with van der Waals surface area (Å²) >= 11 is 0. The Balaban J connectivity index is 2.75. The molecule has 0 aliphatic heterocycles. The molecule has 0 bridgehead atoms. The quantitative estimate of drug-likeness (QED) is 0.758. The van der Waals surface area contributed by atoms with Crippen molar-refractivity contribution in [3.8, 4) is 6.07 Å². The summed E-state index contributed by atoms with van der Waals surface area (Å²) in [5.74, 6) is -1.65. The van der Waals surface area contributed by atoms with Crippen LogP contribution >= 0.6 is 0 Å². The maximum Gasteiger partial charge on any atom is 0.322 e. The van der Waals surface area contributed by atoms with Gasteiger partial charge in [0.2, 0.25) is 10.0 Å². The second-order valence-electron chi connectivity index (χ2n) is 3.93. The van der Waals surface area contributed by atoms with E-state index in [4.69, 9.17) is 10.4 Å². The van der Waals surface area contributed by atoms with E-state index in [0.717, 1.165) is 5.56 Å². The van der Waals surface area contributed by atoms with E-state index < -0.39 is 27.8 Å². The summed E-state index contributed by atoms with van der Waals surface area (Å²) in [5.41, 5.74) is 0.720. The first kappa shape index (κ1) is 15.1. The van der Waals surface area contributed by atoms with Crippen molar-refractivity contribution in [3.63, 3.8) is 0 Å². The van der Waals surface area contributed by atoms with Gasteiger partial charge in [0.1, 0.15) is 6.04 Å². The monoisotopic (exact) mass is 282 g/mol. The molecule has 0 aliphatic carbocycles. The molecule has 2 N–H and O–H groups in total. The molecule has 0 spiro atoms. The van der Waals surface area contributed by atoms with Crippen LogP contribution in [0.5, 0.6) is 0 Å². The lowest BCUT2D eigenvalue weighted by molar-refractivity contribution is -0.138. The van der Waals surface area contributed by atoms with E-state index in [0.29, 0.717) is 0 Å². The molecule has 0 radical (unpaired) electrons. The van der Waals surface area contributed by atoms with E-state index in [9.17, 15) is 13.2 Å². The molecule has 0 unspecified atom stereocenters. The van der Waals surface area contributed by atoms with Crippen LogP contribution in [0, 0.1) is 11.3 Å². The average molecular weight is 282 g/mol. The van der Waals surface area contributed by atoms with Crippen LogP contribution in [0.2, 0.25) is 0 Å². The lowest BCUT2D eigenvalue weighted by Gasteiger charge is -2.14. The predicted molar refractivity (Wildman–Crippen MR) is 68.7 cm³/mol. The number of hydrogen-bond acceptors (Lipinski definition) is 4. The molecule has 0 saturated heterocycles. The van der Waals surface area contributed by atoms with Crippen molar-refractivity contribution in [2.24, 2.45) is 0 Å². The van der Waals surface area contributed by atoms with Crippen molar-refractivity contribution in [2.45, 2.75) is 18.9 Å². The third kappa shape index (κ3) is 5.50.